The third-order valence-corrected chi connectivity index (χ3v) is 5.44. The summed E-state index contributed by atoms with van der Waals surface area (Å²) in [7, 11) is 0. The van der Waals surface area contributed by atoms with Crippen LogP contribution in [0.5, 0.6) is 5.75 Å². The average molecular weight is 359 g/mol. The highest BCUT2D eigenvalue weighted by molar-refractivity contribution is 7.13. The number of aromatic nitrogens is 1. The van der Waals surface area contributed by atoms with Crippen LogP contribution in [0, 0.1) is 5.92 Å². The second kappa shape index (κ2) is 7.97. The molecule has 0 spiro atoms. The van der Waals surface area contributed by atoms with Crippen molar-refractivity contribution in [1.29, 1.82) is 0 Å². The fourth-order valence-electron chi connectivity index (χ4n) is 3.16. The molecule has 1 fully saturated rings. The van der Waals surface area contributed by atoms with Crippen LogP contribution in [0.15, 0.2) is 29.6 Å². The van der Waals surface area contributed by atoms with Gasteiger partial charge in [-0.1, -0.05) is 6.92 Å². The summed E-state index contributed by atoms with van der Waals surface area (Å²) in [6.07, 6.45) is 1.96. The van der Waals surface area contributed by atoms with E-state index in [1.807, 2.05) is 34.5 Å². The van der Waals surface area contributed by atoms with Gasteiger partial charge in [0.25, 0.3) is 5.91 Å². The molecule has 2 atom stereocenters. The SMILES string of the molecule is CCCOc1ccc(-c2nc(C(=O)N3CC(CN)CC3C)cs2)cc1. The maximum Gasteiger partial charge on any atom is 0.273 e. The van der Waals surface area contributed by atoms with Crippen molar-refractivity contribution in [3.8, 4) is 16.3 Å². The molecule has 1 aromatic carbocycles. The van der Waals surface area contributed by atoms with E-state index in [0.29, 0.717) is 24.8 Å². The molecule has 2 heterocycles. The van der Waals surface area contributed by atoms with Gasteiger partial charge in [-0.15, -0.1) is 11.3 Å². The van der Waals surface area contributed by atoms with E-state index in [9.17, 15) is 4.79 Å². The molecule has 0 aliphatic carbocycles. The number of rotatable bonds is 6. The first kappa shape index (κ1) is 17.9. The highest BCUT2D eigenvalue weighted by atomic mass is 32.1. The van der Waals surface area contributed by atoms with E-state index in [1.54, 1.807) is 0 Å². The van der Waals surface area contributed by atoms with Crippen molar-refractivity contribution < 1.29 is 9.53 Å². The molecule has 5 nitrogen and oxygen atoms in total. The van der Waals surface area contributed by atoms with Gasteiger partial charge in [-0.2, -0.15) is 0 Å². The van der Waals surface area contributed by atoms with Crippen LogP contribution in [0.2, 0.25) is 0 Å². The van der Waals surface area contributed by atoms with Crippen LogP contribution in [-0.2, 0) is 0 Å². The molecule has 1 saturated heterocycles. The molecule has 0 radical (unpaired) electrons. The summed E-state index contributed by atoms with van der Waals surface area (Å²) in [6.45, 7) is 6.23. The van der Waals surface area contributed by atoms with E-state index < -0.39 is 0 Å². The highest BCUT2D eigenvalue weighted by Gasteiger charge is 2.33. The summed E-state index contributed by atoms with van der Waals surface area (Å²) in [5.41, 5.74) is 7.28. The molecular formula is C19H25N3O2S. The van der Waals surface area contributed by atoms with Crippen LogP contribution >= 0.6 is 11.3 Å². The van der Waals surface area contributed by atoms with Gasteiger partial charge in [-0.3, -0.25) is 4.79 Å². The van der Waals surface area contributed by atoms with Crippen molar-refractivity contribution in [2.75, 3.05) is 19.7 Å². The second-order valence-electron chi connectivity index (χ2n) is 6.55. The lowest BCUT2D eigenvalue weighted by molar-refractivity contribution is 0.0738. The Kier molecular flexibility index (Phi) is 5.71. The Morgan fingerprint density at radius 3 is 2.80 bits per heavy atom. The summed E-state index contributed by atoms with van der Waals surface area (Å²) in [6, 6.07) is 8.09. The topological polar surface area (TPSA) is 68.5 Å². The predicted octanol–water partition coefficient (Wildman–Crippen LogP) is 3.41. The van der Waals surface area contributed by atoms with Gasteiger partial charge in [0.05, 0.1) is 6.61 Å². The lowest BCUT2D eigenvalue weighted by Gasteiger charge is -2.20. The third kappa shape index (κ3) is 4.02. The Morgan fingerprint density at radius 1 is 1.40 bits per heavy atom. The standard InChI is InChI=1S/C19H25N3O2S/c1-3-8-24-16-6-4-15(5-7-16)18-21-17(12-25-18)19(23)22-11-14(10-20)9-13(22)2/h4-7,12-14H,3,8-11,20H2,1-2H3. The lowest BCUT2D eigenvalue weighted by Crippen LogP contribution is -2.34. The number of thiazole rings is 1. The minimum Gasteiger partial charge on any atom is -0.494 e. The fraction of sp³-hybridized carbons (Fsp3) is 0.474. The van der Waals surface area contributed by atoms with E-state index in [4.69, 9.17) is 10.5 Å². The molecule has 2 N–H and O–H groups in total. The van der Waals surface area contributed by atoms with Crippen molar-refractivity contribution in [3.63, 3.8) is 0 Å². The second-order valence-corrected chi connectivity index (χ2v) is 7.41. The molecule has 0 bridgehead atoms. The number of carbonyl (C=O) groups is 1. The molecule has 25 heavy (non-hydrogen) atoms. The third-order valence-electron chi connectivity index (χ3n) is 4.55. The minimum atomic E-state index is 0.00819. The van der Waals surface area contributed by atoms with Gasteiger partial charge in [0.15, 0.2) is 0 Å². The quantitative estimate of drug-likeness (QED) is 0.858. The van der Waals surface area contributed by atoms with Gasteiger partial charge in [-0.05, 0) is 56.5 Å². The molecule has 3 rings (SSSR count). The smallest absolute Gasteiger partial charge is 0.273 e. The zero-order chi connectivity index (χ0) is 17.8. The summed E-state index contributed by atoms with van der Waals surface area (Å²) >= 11 is 1.50. The Hall–Kier alpha value is -1.92. The number of amides is 1. The number of nitrogens with zero attached hydrogens (tertiary/aromatic N) is 2. The molecule has 0 saturated carbocycles. The number of hydrogen-bond acceptors (Lipinski definition) is 5. The minimum absolute atomic E-state index is 0.00819. The predicted molar refractivity (Wildman–Crippen MR) is 101 cm³/mol. The number of hydrogen-bond donors (Lipinski definition) is 1. The van der Waals surface area contributed by atoms with E-state index in [2.05, 4.69) is 18.8 Å². The largest absolute Gasteiger partial charge is 0.494 e. The average Bonchev–Trinajstić information content (AvgIpc) is 3.26. The van der Waals surface area contributed by atoms with Gasteiger partial charge >= 0.3 is 0 Å². The fourth-order valence-corrected chi connectivity index (χ4v) is 3.96. The molecular weight excluding hydrogens is 334 g/mol. The van der Waals surface area contributed by atoms with Crippen LogP contribution < -0.4 is 10.5 Å². The van der Waals surface area contributed by atoms with Crippen molar-refractivity contribution in [2.45, 2.75) is 32.7 Å². The van der Waals surface area contributed by atoms with Crippen molar-refractivity contribution in [2.24, 2.45) is 11.7 Å². The molecule has 1 aromatic heterocycles. The lowest BCUT2D eigenvalue weighted by atomic mass is 10.1. The zero-order valence-electron chi connectivity index (χ0n) is 14.8. The Morgan fingerprint density at radius 2 is 2.16 bits per heavy atom. The number of ether oxygens (including phenoxy) is 1. The number of carbonyl (C=O) groups excluding carboxylic acids is 1. The van der Waals surface area contributed by atoms with Crippen LogP contribution in [0.4, 0.5) is 0 Å². The highest BCUT2D eigenvalue weighted by Crippen LogP contribution is 2.28. The van der Waals surface area contributed by atoms with Gasteiger partial charge in [-0.25, -0.2) is 4.98 Å². The van der Waals surface area contributed by atoms with Gasteiger partial charge in [0.1, 0.15) is 16.5 Å². The summed E-state index contributed by atoms with van der Waals surface area (Å²) in [5, 5.41) is 2.70. The maximum atomic E-state index is 12.7. The summed E-state index contributed by atoms with van der Waals surface area (Å²) in [4.78, 5) is 19.2. The first-order valence-corrected chi connectivity index (χ1v) is 9.70. The van der Waals surface area contributed by atoms with Gasteiger partial charge in [0.2, 0.25) is 0 Å². The summed E-state index contributed by atoms with van der Waals surface area (Å²) < 4.78 is 5.60. The van der Waals surface area contributed by atoms with Crippen LogP contribution in [0.3, 0.4) is 0 Å². The number of likely N-dealkylation sites (tertiary alicyclic amines) is 1. The van der Waals surface area contributed by atoms with Crippen LogP contribution in [0.25, 0.3) is 10.6 Å². The zero-order valence-corrected chi connectivity index (χ0v) is 15.6. The summed E-state index contributed by atoms with van der Waals surface area (Å²) in [5.74, 6) is 1.26. The number of benzene rings is 1. The normalized spacial score (nSPS) is 20.0. The van der Waals surface area contributed by atoms with E-state index in [-0.39, 0.29) is 11.9 Å². The van der Waals surface area contributed by atoms with Crippen LogP contribution in [0.1, 0.15) is 37.2 Å². The van der Waals surface area contributed by atoms with Gasteiger partial charge in [0, 0.05) is 23.5 Å². The van der Waals surface area contributed by atoms with E-state index in [1.165, 1.54) is 11.3 Å². The first-order valence-electron chi connectivity index (χ1n) is 8.82. The van der Waals surface area contributed by atoms with E-state index >= 15 is 0 Å². The molecule has 2 aromatic rings. The molecule has 1 amide bonds. The van der Waals surface area contributed by atoms with Gasteiger partial charge < -0.3 is 15.4 Å². The molecule has 2 unspecified atom stereocenters. The first-order chi connectivity index (χ1) is 12.1. The van der Waals surface area contributed by atoms with Crippen LogP contribution in [-0.4, -0.2) is 41.5 Å². The molecule has 134 valence electrons. The Bertz CT molecular complexity index is 714. The van der Waals surface area contributed by atoms with Crippen molar-refractivity contribution >= 4 is 17.2 Å². The molecule has 1 aliphatic rings. The van der Waals surface area contributed by atoms with E-state index in [0.717, 1.165) is 35.7 Å². The Balaban J connectivity index is 1.70. The maximum absolute atomic E-state index is 12.7. The monoisotopic (exact) mass is 359 g/mol. The number of nitrogens with two attached hydrogens (primary N) is 1. The van der Waals surface area contributed by atoms with Crippen molar-refractivity contribution in [3.05, 3.63) is 35.3 Å². The Labute approximate surface area is 152 Å². The molecule has 6 heteroatoms. The van der Waals surface area contributed by atoms with Crippen molar-refractivity contribution in [1.82, 2.24) is 9.88 Å². The molecule has 1 aliphatic heterocycles.